The maximum atomic E-state index is 13.4. The first kappa shape index (κ1) is 29.9. The van der Waals surface area contributed by atoms with Crippen molar-refractivity contribution in [1.82, 2.24) is 5.32 Å². The number of benzene rings is 4. The summed E-state index contributed by atoms with van der Waals surface area (Å²) in [7, 11) is 0. The van der Waals surface area contributed by atoms with Crippen LogP contribution in [0.4, 0.5) is 17.1 Å². The number of thioether (sulfide) groups is 1. The van der Waals surface area contributed by atoms with Gasteiger partial charge in [0.2, 0.25) is 11.8 Å². The molecule has 1 fully saturated rings. The quantitative estimate of drug-likeness (QED) is 0.107. The highest BCUT2D eigenvalue weighted by atomic mass is 32.2. The van der Waals surface area contributed by atoms with Gasteiger partial charge in [0.25, 0.3) is 17.5 Å². The minimum Gasteiger partial charge on any atom is -0.321 e. The van der Waals surface area contributed by atoms with Gasteiger partial charge in [-0.2, -0.15) is 0 Å². The van der Waals surface area contributed by atoms with E-state index in [-0.39, 0.29) is 23.5 Å². The van der Waals surface area contributed by atoms with E-state index >= 15 is 0 Å². The van der Waals surface area contributed by atoms with Crippen molar-refractivity contribution in [2.24, 2.45) is 0 Å². The third kappa shape index (κ3) is 7.08. The van der Waals surface area contributed by atoms with Gasteiger partial charge in [-0.15, -0.1) is 11.8 Å². The van der Waals surface area contributed by atoms with E-state index in [1.807, 2.05) is 31.2 Å². The highest BCUT2D eigenvalue weighted by molar-refractivity contribution is 8.00. The number of hydrogen-bond donors (Lipinski definition) is 2. The predicted molar refractivity (Wildman–Crippen MR) is 168 cm³/mol. The molecule has 4 aromatic carbocycles. The van der Waals surface area contributed by atoms with Crippen LogP contribution in [0.15, 0.2) is 114 Å². The Morgan fingerprint density at radius 1 is 0.932 bits per heavy atom. The number of nitro benzene ring substituents is 1. The van der Waals surface area contributed by atoms with Crippen molar-refractivity contribution < 1.29 is 24.1 Å². The second kappa shape index (κ2) is 13.2. The van der Waals surface area contributed by atoms with Gasteiger partial charge >= 0.3 is 0 Å². The molecule has 1 heterocycles. The van der Waals surface area contributed by atoms with Gasteiger partial charge in [-0.25, -0.2) is 4.90 Å². The van der Waals surface area contributed by atoms with Crippen LogP contribution in [-0.2, 0) is 14.4 Å². The molecule has 10 nitrogen and oxygen atoms in total. The number of non-ortho nitro benzene ring substituents is 1. The molecule has 44 heavy (non-hydrogen) atoms. The molecule has 5 rings (SSSR count). The molecule has 1 saturated heterocycles. The average Bonchev–Trinajstić information content (AvgIpc) is 3.30. The lowest BCUT2D eigenvalue weighted by Gasteiger charge is -2.15. The minimum atomic E-state index is -0.717. The van der Waals surface area contributed by atoms with E-state index in [2.05, 4.69) is 10.6 Å². The third-order valence-electron chi connectivity index (χ3n) is 6.71. The summed E-state index contributed by atoms with van der Waals surface area (Å²) < 4.78 is 0. The number of nitrogens with zero attached hydrogens (tertiary/aromatic N) is 2. The Kier molecular flexibility index (Phi) is 8.96. The normalized spacial score (nSPS) is 14.8. The van der Waals surface area contributed by atoms with Crippen LogP contribution < -0.4 is 15.5 Å². The van der Waals surface area contributed by atoms with Gasteiger partial charge in [0.15, 0.2) is 0 Å². The Labute approximate surface area is 256 Å². The van der Waals surface area contributed by atoms with Crippen molar-refractivity contribution in [1.29, 1.82) is 0 Å². The second-order valence-corrected chi connectivity index (χ2v) is 11.2. The molecule has 2 N–H and O–H groups in total. The zero-order valence-electron chi connectivity index (χ0n) is 23.4. The number of rotatable bonds is 9. The van der Waals surface area contributed by atoms with Crippen molar-refractivity contribution in [2.75, 3.05) is 10.2 Å². The molecule has 0 aromatic heterocycles. The van der Waals surface area contributed by atoms with Crippen molar-refractivity contribution in [3.63, 3.8) is 0 Å². The average molecular weight is 607 g/mol. The Balaban J connectivity index is 1.31. The summed E-state index contributed by atoms with van der Waals surface area (Å²) in [5.41, 5.74) is 2.75. The number of nitro groups is 1. The number of aryl methyl sites for hydroxylation is 1. The summed E-state index contributed by atoms with van der Waals surface area (Å²) >= 11 is 1.18. The number of carbonyl (C=O) groups is 4. The van der Waals surface area contributed by atoms with Crippen molar-refractivity contribution in [3.05, 3.63) is 136 Å². The Bertz CT molecular complexity index is 1770. The molecule has 1 unspecified atom stereocenters. The van der Waals surface area contributed by atoms with Crippen LogP contribution in [0.2, 0.25) is 0 Å². The molecule has 1 aliphatic heterocycles. The zero-order valence-corrected chi connectivity index (χ0v) is 24.2. The highest BCUT2D eigenvalue weighted by Gasteiger charge is 2.40. The van der Waals surface area contributed by atoms with Gasteiger partial charge in [0, 0.05) is 34.7 Å². The molecule has 1 atom stereocenters. The smallest absolute Gasteiger partial charge is 0.272 e. The monoisotopic (exact) mass is 606 g/mol. The molecule has 0 radical (unpaired) electrons. The molecule has 4 amide bonds. The van der Waals surface area contributed by atoms with E-state index in [1.165, 1.54) is 36.0 Å². The number of imide groups is 1. The van der Waals surface area contributed by atoms with Crippen LogP contribution in [0.3, 0.4) is 0 Å². The summed E-state index contributed by atoms with van der Waals surface area (Å²) in [6.07, 6.45) is 1.54. The number of anilines is 2. The van der Waals surface area contributed by atoms with Gasteiger partial charge in [-0.1, -0.05) is 54.1 Å². The van der Waals surface area contributed by atoms with E-state index in [9.17, 15) is 29.3 Å². The molecule has 0 bridgehead atoms. The van der Waals surface area contributed by atoms with Crippen LogP contribution in [0.5, 0.6) is 0 Å². The summed E-state index contributed by atoms with van der Waals surface area (Å²) in [4.78, 5) is 64.2. The van der Waals surface area contributed by atoms with Crippen molar-refractivity contribution in [2.45, 2.75) is 23.5 Å². The summed E-state index contributed by atoms with van der Waals surface area (Å²) in [6.45, 7) is 1.95. The lowest BCUT2D eigenvalue weighted by Crippen LogP contribution is -2.31. The number of nitrogens with one attached hydrogen (secondary N) is 2. The fraction of sp³-hybridized carbons (Fsp3) is 0.0909. The second-order valence-electron chi connectivity index (χ2n) is 9.92. The standard InChI is InChI=1S/C33H26N4O6S/c1-21-10-12-22(13-11-21)18-28(35-31(39)23-6-3-2-4-7-23)32(40)34-24-8-5-9-27(19-24)44-29-20-30(38)36(33(29)41)25-14-16-26(17-15-25)37(42)43/h2-19,29H,20H2,1H3,(H,34,40)(H,35,39). The maximum absolute atomic E-state index is 13.4. The van der Waals surface area contributed by atoms with E-state index in [0.717, 1.165) is 16.0 Å². The minimum absolute atomic E-state index is 0.0380. The van der Waals surface area contributed by atoms with Crippen LogP contribution in [0, 0.1) is 17.0 Å². The fourth-order valence-electron chi connectivity index (χ4n) is 4.47. The summed E-state index contributed by atoms with van der Waals surface area (Å²) in [5.74, 6) is -1.83. The Morgan fingerprint density at radius 3 is 2.32 bits per heavy atom. The van der Waals surface area contributed by atoms with Gasteiger partial charge < -0.3 is 10.6 Å². The zero-order chi connectivity index (χ0) is 31.2. The lowest BCUT2D eigenvalue weighted by molar-refractivity contribution is -0.384. The first-order valence-corrected chi connectivity index (χ1v) is 14.4. The van der Waals surface area contributed by atoms with Gasteiger partial charge in [0.1, 0.15) is 5.70 Å². The molecule has 0 aliphatic carbocycles. The first-order chi connectivity index (χ1) is 21.2. The van der Waals surface area contributed by atoms with Crippen LogP contribution in [0.25, 0.3) is 6.08 Å². The molecule has 4 aromatic rings. The molecule has 1 aliphatic rings. The van der Waals surface area contributed by atoms with Crippen molar-refractivity contribution in [3.8, 4) is 0 Å². The number of hydrogen-bond acceptors (Lipinski definition) is 7. The largest absolute Gasteiger partial charge is 0.321 e. The van der Waals surface area contributed by atoms with Gasteiger partial charge in [-0.3, -0.25) is 29.3 Å². The predicted octanol–water partition coefficient (Wildman–Crippen LogP) is 5.74. The molecule has 0 spiro atoms. The van der Waals surface area contributed by atoms with Crippen molar-refractivity contribution >= 4 is 58.5 Å². The fourth-order valence-corrected chi connectivity index (χ4v) is 5.59. The SMILES string of the molecule is Cc1ccc(C=C(NC(=O)c2ccccc2)C(=O)Nc2cccc(SC3CC(=O)N(c4ccc([N+](=O)[O-])cc4)C3=O)c2)cc1. The van der Waals surface area contributed by atoms with Crippen LogP contribution in [0.1, 0.15) is 27.9 Å². The molecular formula is C33H26N4O6S. The van der Waals surface area contributed by atoms with Gasteiger partial charge in [0.05, 0.1) is 15.9 Å². The number of amides is 4. The topological polar surface area (TPSA) is 139 Å². The number of carbonyl (C=O) groups excluding carboxylic acids is 4. The van der Waals surface area contributed by atoms with E-state index in [4.69, 9.17) is 0 Å². The first-order valence-electron chi connectivity index (χ1n) is 13.5. The van der Waals surface area contributed by atoms with Crippen LogP contribution in [-0.4, -0.2) is 33.8 Å². The highest BCUT2D eigenvalue weighted by Crippen LogP contribution is 2.35. The summed E-state index contributed by atoms with van der Waals surface area (Å²) in [6, 6.07) is 28.1. The summed E-state index contributed by atoms with van der Waals surface area (Å²) in [5, 5.41) is 15.8. The molecule has 11 heteroatoms. The van der Waals surface area contributed by atoms with Crippen LogP contribution >= 0.6 is 11.8 Å². The molecule has 0 saturated carbocycles. The third-order valence-corrected chi connectivity index (χ3v) is 7.89. The molecule has 220 valence electrons. The Morgan fingerprint density at radius 2 is 1.64 bits per heavy atom. The van der Waals surface area contributed by atoms with E-state index < -0.39 is 33.8 Å². The maximum Gasteiger partial charge on any atom is 0.272 e. The van der Waals surface area contributed by atoms with Gasteiger partial charge in [-0.05, 0) is 61.0 Å². The van der Waals surface area contributed by atoms with E-state index in [1.54, 1.807) is 60.7 Å². The van der Waals surface area contributed by atoms with E-state index in [0.29, 0.717) is 16.1 Å². The Hall–Kier alpha value is -5.55. The molecular weight excluding hydrogens is 580 g/mol. The lowest BCUT2D eigenvalue weighted by atomic mass is 10.1.